The molecule has 128 valence electrons. The molecule has 1 fully saturated rings. The number of piperazine rings is 1. The van der Waals surface area contributed by atoms with Crippen molar-refractivity contribution in [2.24, 2.45) is 0 Å². The number of likely N-dealkylation sites (N-methyl/N-ethyl adjacent to an activating group) is 1. The first-order chi connectivity index (χ1) is 11.6. The number of pyridine rings is 1. The molecular weight excluding hydrogens is 320 g/mol. The number of nitrogens with one attached hydrogen (secondary N) is 1. The van der Waals surface area contributed by atoms with Crippen LogP contribution in [0.15, 0.2) is 47.5 Å². The van der Waals surface area contributed by atoms with Gasteiger partial charge in [-0.15, -0.1) is 0 Å². The van der Waals surface area contributed by atoms with E-state index in [4.69, 9.17) is 0 Å². The molecule has 1 N–H and O–H groups in total. The molecule has 0 aliphatic carbocycles. The lowest BCUT2D eigenvalue weighted by Gasteiger charge is -2.33. The fraction of sp³-hybridized carbons (Fsp3) is 0.389. The summed E-state index contributed by atoms with van der Waals surface area (Å²) in [6.45, 7) is 4.95. The lowest BCUT2D eigenvalue weighted by Crippen LogP contribution is -2.44. The van der Waals surface area contributed by atoms with E-state index >= 15 is 0 Å². The Morgan fingerprint density at radius 3 is 2.38 bits per heavy atom. The molecule has 1 saturated heterocycles. The predicted octanol–water partition coefficient (Wildman–Crippen LogP) is 2.18. The van der Waals surface area contributed by atoms with Gasteiger partial charge in [-0.25, -0.2) is 4.98 Å². The second-order valence-electron chi connectivity index (χ2n) is 6.15. The second kappa shape index (κ2) is 7.77. The van der Waals surface area contributed by atoms with E-state index in [2.05, 4.69) is 39.3 Å². The van der Waals surface area contributed by atoms with E-state index in [9.17, 15) is 4.21 Å². The van der Waals surface area contributed by atoms with Crippen molar-refractivity contribution in [3.8, 4) is 0 Å². The van der Waals surface area contributed by atoms with Gasteiger partial charge in [-0.3, -0.25) is 4.21 Å². The highest BCUT2D eigenvalue weighted by atomic mass is 32.2. The monoisotopic (exact) mass is 344 g/mol. The van der Waals surface area contributed by atoms with E-state index in [1.807, 2.05) is 30.5 Å². The highest BCUT2D eigenvalue weighted by Gasteiger charge is 2.14. The van der Waals surface area contributed by atoms with Crippen molar-refractivity contribution in [1.29, 1.82) is 0 Å². The summed E-state index contributed by atoms with van der Waals surface area (Å²) in [6, 6.07) is 12.0. The van der Waals surface area contributed by atoms with Crippen LogP contribution in [0.4, 0.5) is 11.5 Å². The topological polar surface area (TPSA) is 48.5 Å². The van der Waals surface area contributed by atoms with Crippen LogP contribution < -0.4 is 10.2 Å². The van der Waals surface area contributed by atoms with Crippen molar-refractivity contribution in [2.75, 3.05) is 49.7 Å². The van der Waals surface area contributed by atoms with E-state index in [0.717, 1.165) is 54.7 Å². The average molecular weight is 344 g/mol. The molecule has 6 heteroatoms. The molecule has 0 saturated carbocycles. The summed E-state index contributed by atoms with van der Waals surface area (Å²) in [4.78, 5) is 10.1. The summed E-state index contributed by atoms with van der Waals surface area (Å²) >= 11 is 0. The lowest BCUT2D eigenvalue weighted by molar-refractivity contribution is 0.312. The molecule has 1 aliphatic heterocycles. The van der Waals surface area contributed by atoms with E-state index < -0.39 is 10.8 Å². The molecule has 0 bridgehead atoms. The number of aromatic nitrogens is 1. The van der Waals surface area contributed by atoms with Gasteiger partial charge < -0.3 is 15.1 Å². The van der Waals surface area contributed by atoms with Crippen LogP contribution in [0.5, 0.6) is 0 Å². The Morgan fingerprint density at radius 2 is 1.79 bits per heavy atom. The highest BCUT2D eigenvalue weighted by Crippen LogP contribution is 2.17. The third kappa shape index (κ3) is 4.33. The Morgan fingerprint density at radius 1 is 1.08 bits per heavy atom. The third-order valence-electron chi connectivity index (χ3n) is 4.33. The fourth-order valence-electron chi connectivity index (χ4n) is 2.72. The van der Waals surface area contributed by atoms with Gasteiger partial charge in [0.15, 0.2) is 0 Å². The van der Waals surface area contributed by atoms with E-state index in [1.165, 1.54) is 0 Å². The molecule has 2 heterocycles. The molecule has 24 heavy (non-hydrogen) atoms. The standard InChI is InChI=1S/C18H24N4OS/c1-21-9-11-22(12-10-21)18-8-5-16(14-20-18)19-13-15-3-6-17(7-4-15)24(2)23/h3-8,14,19H,9-13H2,1-2H3/t24-/m0/s1. The molecule has 1 aromatic heterocycles. The fourth-order valence-corrected chi connectivity index (χ4v) is 3.24. The third-order valence-corrected chi connectivity index (χ3v) is 5.26. The smallest absolute Gasteiger partial charge is 0.128 e. The zero-order valence-electron chi connectivity index (χ0n) is 14.2. The molecule has 1 aliphatic rings. The zero-order valence-corrected chi connectivity index (χ0v) is 15.1. The molecule has 1 atom stereocenters. The average Bonchev–Trinajstić information content (AvgIpc) is 2.61. The van der Waals surface area contributed by atoms with Gasteiger partial charge in [0.2, 0.25) is 0 Å². The van der Waals surface area contributed by atoms with Gasteiger partial charge in [0.05, 0.1) is 11.9 Å². The van der Waals surface area contributed by atoms with Gasteiger partial charge in [0.1, 0.15) is 5.82 Å². The number of anilines is 2. The number of benzene rings is 1. The molecule has 0 unspecified atom stereocenters. The van der Waals surface area contributed by atoms with Crippen LogP contribution in [-0.2, 0) is 17.3 Å². The SMILES string of the molecule is CN1CCN(c2ccc(NCc3ccc([S@](C)=O)cc3)cn2)CC1. The summed E-state index contributed by atoms with van der Waals surface area (Å²) in [6.07, 6.45) is 3.59. The van der Waals surface area contributed by atoms with Crippen molar-refractivity contribution < 1.29 is 4.21 Å². The summed E-state index contributed by atoms with van der Waals surface area (Å²) in [5, 5.41) is 3.38. The van der Waals surface area contributed by atoms with Crippen LogP contribution in [0.25, 0.3) is 0 Å². The molecule has 1 aromatic carbocycles. The van der Waals surface area contributed by atoms with Crippen molar-refractivity contribution in [3.05, 3.63) is 48.2 Å². The van der Waals surface area contributed by atoms with Crippen molar-refractivity contribution in [1.82, 2.24) is 9.88 Å². The maximum absolute atomic E-state index is 11.4. The van der Waals surface area contributed by atoms with Crippen LogP contribution in [0, 0.1) is 0 Å². The minimum Gasteiger partial charge on any atom is -0.380 e. The van der Waals surface area contributed by atoms with Crippen molar-refractivity contribution in [3.63, 3.8) is 0 Å². The Labute approximate surface area is 146 Å². The first-order valence-electron chi connectivity index (χ1n) is 8.17. The summed E-state index contributed by atoms with van der Waals surface area (Å²) in [7, 11) is 1.23. The summed E-state index contributed by atoms with van der Waals surface area (Å²) < 4.78 is 11.4. The van der Waals surface area contributed by atoms with Gasteiger partial charge in [0, 0.05) is 54.7 Å². The van der Waals surface area contributed by atoms with Gasteiger partial charge in [-0.1, -0.05) is 12.1 Å². The normalized spacial score (nSPS) is 16.8. The van der Waals surface area contributed by atoms with E-state index in [1.54, 1.807) is 6.26 Å². The maximum Gasteiger partial charge on any atom is 0.128 e. The Hall–Kier alpha value is -1.92. The number of nitrogens with zero attached hydrogens (tertiary/aromatic N) is 3. The molecule has 2 aromatic rings. The lowest BCUT2D eigenvalue weighted by atomic mass is 10.2. The molecular formula is C18H24N4OS. The first kappa shape index (κ1) is 16.9. The molecule has 0 amide bonds. The number of hydrogen-bond donors (Lipinski definition) is 1. The van der Waals surface area contributed by atoms with Crippen LogP contribution in [-0.4, -0.2) is 53.6 Å². The number of hydrogen-bond acceptors (Lipinski definition) is 5. The van der Waals surface area contributed by atoms with Crippen LogP contribution in [0.3, 0.4) is 0 Å². The minimum absolute atomic E-state index is 0.728. The number of rotatable bonds is 5. The minimum atomic E-state index is -0.923. The van der Waals surface area contributed by atoms with Crippen molar-refractivity contribution in [2.45, 2.75) is 11.4 Å². The van der Waals surface area contributed by atoms with Gasteiger partial charge in [-0.05, 0) is 36.9 Å². The van der Waals surface area contributed by atoms with Gasteiger partial charge in [-0.2, -0.15) is 0 Å². The van der Waals surface area contributed by atoms with Gasteiger partial charge >= 0.3 is 0 Å². The van der Waals surface area contributed by atoms with E-state index in [-0.39, 0.29) is 0 Å². The molecule has 5 nitrogen and oxygen atoms in total. The Kier molecular flexibility index (Phi) is 5.48. The highest BCUT2D eigenvalue weighted by molar-refractivity contribution is 7.84. The van der Waals surface area contributed by atoms with Gasteiger partial charge in [0.25, 0.3) is 0 Å². The van der Waals surface area contributed by atoms with Crippen molar-refractivity contribution >= 4 is 22.3 Å². The Bertz CT molecular complexity index is 679. The quantitative estimate of drug-likeness (QED) is 0.901. The van der Waals surface area contributed by atoms with E-state index in [0.29, 0.717) is 0 Å². The molecule has 3 rings (SSSR count). The second-order valence-corrected chi connectivity index (χ2v) is 7.53. The largest absolute Gasteiger partial charge is 0.380 e. The maximum atomic E-state index is 11.4. The molecule has 0 spiro atoms. The van der Waals surface area contributed by atoms with Crippen LogP contribution in [0.2, 0.25) is 0 Å². The predicted molar refractivity (Wildman–Crippen MR) is 100 cm³/mol. The first-order valence-corrected chi connectivity index (χ1v) is 9.73. The zero-order chi connectivity index (χ0) is 16.9. The van der Waals surface area contributed by atoms with Crippen LogP contribution in [0.1, 0.15) is 5.56 Å². The van der Waals surface area contributed by atoms with Crippen LogP contribution >= 0.6 is 0 Å². The molecule has 0 radical (unpaired) electrons. The Balaban J connectivity index is 1.55. The summed E-state index contributed by atoms with van der Waals surface area (Å²) in [5.74, 6) is 1.04. The summed E-state index contributed by atoms with van der Waals surface area (Å²) in [5.41, 5.74) is 2.17.